The quantitative estimate of drug-likeness (QED) is 0.393. The van der Waals surface area contributed by atoms with Gasteiger partial charge in [0, 0.05) is 23.1 Å². The Balaban J connectivity index is 1.75. The molecule has 1 aliphatic rings. The number of hydrogen-bond acceptors (Lipinski definition) is 6. The molecule has 2 aromatic carbocycles. The van der Waals surface area contributed by atoms with Gasteiger partial charge in [0.2, 0.25) is 0 Å². The SMILES string of the molecule is O=C1C[C@H](c2ccc3ncccc3c2)c2c(ccc3nsnc23)O1. The highest BCUT2D eigenvalue weighted by Crippen LogP contribution is 2.42. The van der Waals surface area contributed by atoms with Crippen molar-refractivity contribution in [1.82, 2.24) is 13.7 Å². The van der Waals surface area contributed by atoms with Gasteiger partial charge in [0.25, 0.3) is 0 Å². The summed E-state index contributed by atoms with van der Waals surface area (Å²) in [5, 5.41) is 1.05. The van der Waals surface area contributed by atoms with E-state index in [1.165, 1.54) is 11.7 Å². The van der Waals surface area contributed by atoms with Crippen LogP contribution in [0.25, 0.3) is 21.9 Å². The molecule has 0 radical (unpaired) electrons. The van der Waals surface area contributed by atoms with Crippen LogP contribution in [0.1, 0.15) is 23.5 Å². The Bertz CT molecular complexity index is 1110. The molecule has 0 spiro atoms. The van der Waals surface area contributed by atoms with Crippen LogP contribution in [-0.2, 0) is 4.79 Å². The number of ether oxygens (including phenoxy) is 1. The summed E-state index contributed by atoms with van der Waals surface area (Å²) in [6.45, 7) is 0. The maximum atomic E-state index is 12.1. The van der Waals surface area contributed by atoms with Gasteiger partial charge in [0.15, 0.2) is 0 Å². The van der Waals surface area contributed by atoms with Crippen molar-refractivity contribution >= 4 is 39.6 Å². The zero-order valence-corrected chi connectivity index (χ0v) is 13.3. The van der Waals surface area contributed by atoms with Crippen molar-refractivity contribution < 1.29 is 9.53 Å². The Morgan fingerprint density at radius 1 is 1.08 bits per heavy atom. The van der Waals surface area contributed by atoms with E-state index in [0.717, 1.165) is 33.1 Å². The minimum Gasteiger partial charge on any atom is -0.426 e. The minimum atomic E-state index is -0.221. The molecule has 5 rings (SSSR count). The molecule has 0 saturated heterocycles. The van der Waals surface area contributed by atoms with E-state index in [1.807, 2.05) is 36.4 Å². The first kappa shape index (κ1) is 13.6. The molecule has 0 bridgehead atoms. The lowest BCUT2D eigenvalue weighted by Gasteiger charge is -2.25. The van der Waals surface area contributed by atoms with Crippen LogP contribution in [0.5, 0.6) is 5.75 Å². The van der Waals surface area contributed by atoms with Crippen LogP contribution in [0.2, 0.25) is 0 Å². The van der Waals surface area contributed by atoms with E-state index in [-0.39, 0.29) is 11.9 Å². The number of fused-ring (bicyclic) bond motifs is 4. The van der Waals surface area contributed by atoms with Crippen molar-refractivity contribution in [3.05, 3.63) is 59.8 Å². The van der Waals surface area contributed by atoms with Gasteiger partial charge in [-0.2, -0.15) is 8.75 Å². The van der Waals surface area contributed by atoms with E-state index in [0.29, 0.717) is 12.2 Å². The molecule has 0 fully saturated rings. The van der Waals surface area contributed by atoms with Crippen molar-refractivity contribution in [1.29, 1.82) is 0 Å². The summed E-state index contributed by atoms with van der Waals surface area (Å²) in [6, 6.07) is 13.7. The number of rotatable bonds is 1. The van der Waals surface area contributed by atoms with E-state index < -0.39 is 0 Å². The Morgan fingerprint density at radius 2 is 2.00 bits per heavy atom. The predicted molar refractivity (Wildman–Crippen MR) is 91.3 cm³/mol. The Hall–Kier alpha value is -2.86. The fraction of sp³-hybridized carbons (Fsp3) is 0.111. The summed E-state index contributed by atoms with van der Waals surface area (Å²) in [4.78, 5) is 16.4. The van der Waals surface area contributed by atoms with Crippen molar-refractivity contribution in [2.24, 2.45) is 0 Å². The molecule has 1 aliphatic heterocycles. The van der Waals surface area contributed by atoms with Gasteiger partial charge < -0.3 is 4.74 Å². The predicted octanol–water partition coefficient (Wildman–Crippen LogP) is 3.68. The number of benzene rings is 2. The molecule has 6 heteroatoms. The number of carbonyl (C=O) groups excluding carboxylic acids is 1. The second-order valence-electron chi connectivity index (χ2n) is 5.80. The first-order chi connectivity index (χ1) is 11.8. The highest BCUT2D eigenvalue weighted by atomic mass is 32.1. The summed E-state index contributed by atoms with van der Waals surface area (Å²) >= 11 is 1.18. The maximum Gasteiger partial charge on any atom is 0.312 e. The Kier molecular flexibility index (Phi) is 2.87. The summed E-state index contributed by atoms with van der Waals surface area (Å²) in [7, 11) is 0. The number of nitrogens with zero attached hydrogens (tertiary/aromatic N) is 3. The zero-order valence-electron chi connectivity index (χ0n) is 12.5. The fourth-order valence-corrected chi connectivity index (χ4v) is 3.86. The van der Waals surface area contributed by atoms with Crippen molar-refractivity contribution in [3.8, 4) is 5.75 Å². The van der Waals surface area contributed by atoms with Crippen LogP contribution in [-0.4, -0.2) is 19.7 Å². The smallest absolute Gasteiger partial charge is 0.312 e. The zero-order chi connectivity index (χ0) is 16.1. The largest absolute Gasteiger partial charge is 0.426 e. The molecule has 24 heavy (non-hydrogen) atoms. The van der Waals surface area contributed by atoms with E-state index in [4.69, 9.17) is 4.74 Å². The van der Waals surface area contributed by atoms with Crippen LogP contribution in [0.4, 0.5) is 0 Å². The Labute approximate surface area is 141 Å². The molecule has 1 atom stereocenters. The average molecular weight is 333 g/mol. The van der Waals surface area contributed by atoms with Gasteiger partial charge >= 0.3 is 5.97 Å². The number of carbonyl (C=O) groups is 1. The number of esters is 1. The van der Waals surface area contributed by atoms with Crippen LogP contribution < -0.4 is 4.74 Å². The first-order valence-corrected chi connectivity index (χ1v) is 8.33. The molecular formula is C18H11N3O2S. The lowest BCUT2D eigenvalue weighted by Crippen LogP contribution is -2.21. The second-order valence-corrected chi connectivity index (χ2v) is 6.32. The average Bonchev–Trinajstić information content (AvgIpc) is 3.09. The summed E-state index contributed by atoms with van der Waals surface area (Å²) in [6.07, 6.45) is 2.08. The Morgan fingerprint density at radius 3 is 2.96 bits per heavy atom. The third-order valence-corrected chi connectivity index (χ3v) is 4.94. The van der Waals surface area contributed by atoms with Crippen LogP contribution in [0, 0.1) is 0 Å². The highest BCUT2D eigenvalue weighted by molar-refractivity contribution is 7.00. The monoisotopic (exact) mass is 333 g/mol. The standard InChI is InChI=1S/C18H11N3O2S/c22-16-9-12(10-3-4-13-11(8-10)2-1-7-19-13)17-15(23-16)6-5-14-18(17)21-24-20-14/h1-8,12H,9H2/t12-/m1/s1. The normalized spacial score (nSPS) is 17.0. The van der Waals surface area contributed by atoms with Crippen molar-refractivity contribution in [2.45, 2.75) is 12.3 Å². The minimum absolute atomic E-state index is 0.0848. The van der Waals surface area contributed by atoms with Crippen molar-refractivity contribution in [2.75, 3.05) is 0 Å². The van der Waals surface area contributed by atoms with Gasteiger partial charge in [-0.3, -0.25) is 9.78 Å². The molecule has 116 valence electrons. The topological polar surface area (TPSA) is 65.0 Å². The first-order valence-electron chi connectivity index (χ1n) is 7.60. The van der Waals surface area contributed by atoms with Crippen LogP contribution in [0.15, 0.2) is 48.7 Å². The lowest BCUT2D eigenvalue weighted by molar-refractivity contribution is -0.135. The molecule has 0 unspecified atom stereocenters. The van der Waals surface area contributed by atoms with Gasteiger partial charge in [-0.1, -0.05) is 12.1 Å². The van der Waals surface area contributed by atoms with Gasteiger partial charge in [0.1, 0.15) is 16.8 Å². The molecule has 5 nitrogen and oxygen atoms in total. The lowest BCUT2D eigenvalue weighted by atomic mass is 9.85. The molecule has 3 heterocycles. The molecule has 0 saturated carbocycles. The van der Waals surface area contributed by atoms with Gasteiger partial charge in [-0.15, -0.1) is 0 Å². The summed E-state index contributed by atoms with van der Waals surface area (Å²) < 4.78 is 14.2. The van der Waals surface area contributed by atoms with Crippen molar-refractivity contribution in [3.63, 3.8) is 0 Å². The maximum absolute atomic E-state index is 12.1. The van der Waals surface area contributed by atoms with E-state index >= 15 is 0 Å². The molecule has 4 aromatic rings. The fourth-order valence-electron chi connectivity index (χ4n) is 3.31. The van der Waals surface area contributed by atoms with Crippen LogP contribution >= 0.6 is 11.7 Å². The number of aromatic nitrogens is 3. The summed E-state index contributed by atoms with van der Waals surface area (Å²) in [5.41, 5.74) is 4.61. The molecule has 0 aliphatic carbocycles. The van der Waals surface area contributed by atoms with Gasteiger partial charge in [0.05, 0.1) is 23.7 Å². The summed E-state index contributed by atoms with van der Waals surface area (Å²) in [5.74, 6) is 0.280. The number of hydrogen-bond donors (Lipinski definition) is 0. The van der Waals surface area contributed by atoms with E-state index in [9.17, 15) is 4.79 Å². The molecule has 0 N–H and O–H groups in total. The highest BCUT2D eigenvalue weighted by Gasteiger charge is 2.31. The molecular weight excluding hydrogens is 322 g/mol. The third-order valence-electron chi connectivity index (χ3n) is 4.40. The van der Waals surface area contributed by atoms with Gasteiger partial charge in [-0.25, -0.2) is 0 Å². The third kappa shape index (κ3) is 2.00. The van der Waals surface area contributed by atoms with E-state index in [1.54, 1.807) is 6.20 Å². The second kappa shape index (κ2) is 5.07. The number of pyridine rings is 1. The van der Waals surface area contributed by atoms with Crippen LogP contribution in [0.3, 0.4) is 0 Å². The van der Waals surface area contributed by atoms with E-state index in [2.05, 4.69) is 19.8 Å². The molecule has 2 aromatic heterocycles. The van der Waals surface area contributed by atoms with Gasteiger partial charge in [-0.05, 0) is 35.9 Å². The molecule has 0 amide bonds.